The lowest BCUT2D eigenvalue weighted by atomic mass is 10.0. The zero-order chi connectivity index (χ0) is 13.8. The Morgan fingerprint density at radius 3 is 2.71 bits per heavy atom. The Balaban J connectivity index is 0.00000161. The maximum absolute atomic E-state index is 12.2. The predicted octanol–water partition coefficient (Wildman–Crippen LogP) is 3.30. The van der Waals surface area contributed by atoms with E-state index in [0.717, 1.165) is 37.4 Å². The Labute approximate surface area is 136 Å². The van der Waals surface area contributed by atoms with Crippen LogP contribution in [0.25, 0.3) is 0 Å². The molecular formula is C15H24ClN3OS. The Hall–Kier alpha value is -0.650. The molecule has 1 aliphatic carbocycles. The topological polar surface area (TPSA) is 54.0 Å². The molecule has 2 aliphatic rings. The molecule has 2 N–H and O–H groups in total. The number of thiazole rings is 1. The van der Waals surface area contributed by atoms with E-state index >= 15 is 0 Å². The smallest absolute Gasteiger partial charge is 0.243 e. The van der Waals surface area contributed by atoms with Crippen LogP contribution >= 0.6 is 23.7 Å². The first kappa shape index (κ1) is 16.7. The van der Waals surface area contributed by atoms with Gasteiger partial charge in [-0.3, -0.25) is 4.79 Å². The highest BCUT2D eigenvalue weighted by molar-refractivity contribution is 7.15. The number of nitrogens with one attached hydrogen (secondary N) is 2. The molecular weight excluding hydrogens is 306 g/mol. The summed E-state index contributed by atoms with van der Waals surface area (Å²) < 4.78 is 0. The number of aromatic nitrogens is 1. The number of rotatable bonds is 2. The highest BCUT2D eigenvalue weighted by atomic mass is 35.5. The molecule has 21 heavy (non-hydrogen) atoms. The van der Waals surface area contributed by atoms with E-state index in [1.165, 1.54) is 42.7 Å². The first-order valence-corrected chi connectivity index (χ1v) is 8.67. The Bertz CT molecular complexity index is 446. The van der Waals surface area contributed by atoms with Crippen LogP contribution in [0.5, 0.6) is 0 Å². The van der Waals surface area contributed by atoms with Gasteiger partial charge in [0.1, 0.15) is 0 Å². The minimum absolute atomic E-state index is 0. The fraction of sp³-hybridized carbons (Fsp3) is 0.733. The van der Waals surface area contributed by atoms with E-state index in [9.17, 15) is 4.79 Å². The molecule has 1 fully saturated rings. The van der Waals surface area contributed by atoms with E-state index in [2.05, 4.69) is 15.6 Å². The molecule has 1 aromatic rings. The fourth-order valence-corrected chi connectivity index (χ4v) is 4.08. The molecule has 4 nitrogen and oxygen atoms in total. The minimum Gasteiger partial charge on any atom is -0.306 e. The van der Waals surface area contributed by atoms with Crippen molar-refractivity contribution in [2.24, 2.45) is 0 Å². The van der Waals surface area contributed by atoms with Gasteiger partial charge in [-0.1, -0.05) is 19.3 Å². The van der Waals surface area contributed by atoms with Crippen LogP contribution in [-0.4, -0.2) is 23.5 Å². The van der Waals surface area contributed by atoms with Crippen LogP contribution in [0.2, 0.25) is 0 Å². The number of carbonyl (C=O) groups excluding carboxylic acids is 1. The molecule has 1 saturated heterocycles. The van der Waals surface area contributed by atoms with Gasteiger partial charge in [0, 0.05) is 4.88 Å². The standard InChI is InChI=1S/C15H23N3OS.ClH/c19-14(12-8-5-6-10-16-12)18-15-17-11-7-3-1-2-4-9-13(11)20-15;/h12,16H,1-10H2,(H,17,18,19);1H. The third kappa shape index (κ3) is 4.41. The Kier molecular flexibility index (Phi) is 6.45. The lowest BCUT2D eigenvalue weighted by Gasteiger charge is -2.21. The van der Waals surface area contributed by atoms with Gasteiger partial charge in [0.2, 0.25) is 5.91 Å². The molecule has 1 aliphatic heterocycles. The molecule has 6 heteroatoms. The Morgan fingerprint density at radius 1 is 1.14 bits per heavy atom. The summed E-state index contributed by atoms with van der Waals surface area (Å²) in [5.41, 5.74) is 1.22. The van der Waals surface area contributed by atoms with E-state index < -0.39 is 0 Å². The number of hydrogen-bond donors (Lipinski definition) is 2. The molecule has 2 heterocycles. The quantitative estimate of drug-likeness (QED) is 0.875. The molecule has 1 amide bonds. The van der Waals surface area contributed by atoms with Crippen molar-refractivity contribution in [3.8, 4) is 0 Å². The minimum atomic E-state index is -0.0322. The van der Waals surface area contributed by atoms with Gasteiger partial charge in [0.15, 0.2) is 5.13 Å². The molecule has 118 valence electrons. The van der Waals surface area contributed by atoms with Gasteiger partial charge in [-0.25, -0.2) is 4.98 Å². The van der Waals surface area contributed by atoms with Crippen molar-refractivity contribution < 1.29 is 4.79 Å². The largest absolute Gasteiger partial charge is 0.306 e. The molecule has 0 spiro atoms. The third-order valence-electron chi connectivity index (χ3n) is 4.20. The second kappa shape index (κ2) is 8.11. The number of carbonyl (C=O) groups is 1. The number of halogens is 1. The third-order valence-corrected chi connectivity index (χ3v) is 5.28. The highest BCUT2D eigenvalue weighted by Crippen LogP contribution is 2.28. The summed E-state index contributed by atoms with van der Waals surface area (Å²) in [6.07, 6.45) is 10.6. The molecule has 0 bridgehead atoms. The van der Waals surface area contributed by atoms with Gasteiger partial charge in [-0.2, -0.15) is 0 Å². The van der Waals surface area contributed by atoms with Crippen LogP contribution in [0, 0.1) is 0 Å². The van der Waals surface area contributed by atoms with Gasteiger partial charge >= 0.3 is 0 Å². The van der Waals surface area contributed by atoms with Crippen LogP contribution in [0.4, 0.5) is 5.13 Å². The van der Waals surface area contributed by atoms with Crippen molar-refractivity contribution >= 4 is 34.8 Å². The van der Waals surface area contributed by atoms with Crippen LogP contribution in [-0.2, 0) is 17.6 Å². The van der Waals surface area contributed by atoms with Crippen LogP contribution in [0.1, 0.15) is 55.5 Å². The average molecular weight is 330 g/mol. The fourth-order valence-electron chi connectivity index (χ4n) is 3.03. The van der Waals surface area contributed by atoms with E-state index in [1.807, 2.05) is 0 Å². The summed E-state index contributed by atoms with van der Waals surface area (Å²) in [5, 5.41) is 7.10. The molecule has 1 atom stereocenters. The number of anilines is 1. The first-order chi connectivity index (χ1) is 9.83. The molecule has 1 aromatic heterocycles. The summed E-state index contributed by atoms with van der Waals surface area (Å²) in [5.74, 6) is 0.0893. The summed E-state index contributed by atoms with van der Waals surface area (Å²) >= 11 is 1.68. The lowest BCUT2D eigenvalue weighted by molar-refractivity contribution is -0.118. The van der Waals surface area contributed by atoms with Crippen LogP contribution < -0.4 is 10.6 Å². The van der Waals surface area contributed by atoms with Gasteiger partial charge < -0.3 is 10.6 Å². The number of nitrogens with zero attached hydrogens (tertiary/aromatic N) is 1. The zero-order valence-electron chi connectivity index (χ0n) is 12.3. The van der Waals surface area contributed by atoms with Crippen molar-refractivity contribution in [3.63, 3.8) is 0 Å². The van der Waals surface area contributed by atoms with E-state index in [-0.39, 0.29) is 24.4 Å². The van der Waals surface area contributed by atoms with E-state index in [0.29, 0.717) is 0 Å². The maximum atomic E-state index is 12.2. The number of fused-ring (bicyclic) bond motifs is 1. The van der Waals surface area contributed by atoms with Gasteiger partial charge in [0.05, 0.1) is 11.7 Å². The highest BCUT2D eigenvalue weighted by Gasteiger charge is 2.22. The van der Waals surface area contributed by atoms with Crippen LogP contribution in [0.15, 0.2) is 0 Å². The first-order valence-electron chi connectivity index (χ1n) is 7.86. The molecule has 3 rings (SSSR count). The van der Waals surface area contributed by atoms with Crippen LogP contribution in [0.3, 0.4) is 0 Å². The second-order valence-electron chi connectivity index (χ2n) is 5.79. The van der Waals surface area contributed by atoms with Gasteiger partial charge in [-0.15, -0.1) is 23.7 Å². The monoisotopic (exact) mass is 329 g/mol. The summed E-state index contributed by atoms with van der Waals surface area (Å²) in [4.78, 5) is 18.2. The SMILES string of the molecule is Cl.O=C(Nc1nc2c(s1)CCCCCC2)C1CCCCN1. The van der Waals surface area contributed by atoms with Crippen molar-refractivity contribution in [3.05, 3.63) is 10.6 Å². The zero-order valence-corrected chi connectivity index (χ0v) is 14.0. The lowest BCUT2D eigenvalue weighted by Crippen LogP contribution is -2.43. The van der Waals surface area contributed by atoms with Crippen molar-refractivity contribution in [1.82, 2.24) is 10.3 Å². The maximum Gasteiger partial charge on any atom is 0.243 e. The average Bonchev–Trinajstić information content (AvgIpc) is 2.81. The predicted molar refractivity (Wildman–Crippen MR) is 89.5 cm³/mol. The van der Waals surface area contributed by atoms with E-state index in [4.69, 9.17) is 0 Å². The normalized spacial score (nSPS) is 22.4. The molecule has 0 saturated carbocycles. The number of amides is 1. The van der Waals surface area contributed by atoms with Gasteiger partial charge in [0.25, 0.3) is 0 Å². The summed E-state index contributed by atoms with van der Waals surface area (Å²) in [6, 6.07) is -0.0322. The van der Waals surface area contributed by atoms with E-state index in [1.54, 1.807) is 11.3 Å². The van der Waals surface area contributed by atoms with Crippen molar-refractivity contribution in [1.29, 1.82) is 0 Å². The second-order valence-corrected chi connectivity index (χ2v) is 6.88. The number of piperidine rings is 1. The molecule has 0 radical (unpaired) electrons. The van der Waals surface area contributed by atoms with Gasteiger partial charge in [-0.05, 0) is 45.1 Å². The number of hydrogen-bond acceptors (Lipinski definition) is 4. The van der Waals surface area contributed by atoms with Crippen molar-refractivity contribution in [2.75, 3.05) is 11.9 Å². The molecule has 1 unspecified atom stereocenters. The Morgan fingerprint density at radius 2 is 1.95 bits per heavy atom. The number of aryl methyl sites for hydroxylation is 2. The van der Waals surface area contributed by atoms with Crippen molar-refractivity contribution in [2.45, 2.75) is 63.8 Å². The summed E-state index contributed by atoms with van der Waals surface area (Å²) in [7, 11) is 0. The molecule has 0 aromatic carbocycles. The summed E-state index contributed by atoms with van der Waals surface area (Å²) in [6.45, 7) is 0.951.